The van der Waals surface area contributed by atoms with Crippen LogP contribution in [-0.4, -0.2) is 12.5 Å². The van der Waals surface area contributed by atoms with Crippen LogP contribution in [-0.2, 0) is 6.42 Å². The second-order valence-corrected chi connectivity index (χ2v) is 5.72. The molecule has 0 fully saturated rings. The zero-order valence-electron chi connectivity index (χ0n) is 12.0. The SMILES string of the molecule is N#Cc1ccc([C@H]2NC(=O)c3cccc4c3N2CCC4)cc1. The number of carbonyl (C=O) groups is 1. The lowest BCUT2D eigenvalue weighted by Crippen LogP contribution is -2.48. The molecule has 2 aliphatic heterocycles. The summed E-state index contributed by atoms with van der Waals surface area (Å²) in [4.78, 5) is 14.7. The van der Waals surface area contributed by atoms with Gasteiger partial charge in [0, 0.05) is 6.54 Å². The van der Waals surface area contributed by atoms with E-state index in [9.17, 15) is 4.79 Å². The standard InChI is InChI=1S/C18H15N3O/c19-11-12-6-8-14(9-7-12)17-20-18(22)15-5-1-3-13-4-2-10-21(17)16(13)15/h1,3,5-9,17H,2,4,10H2,(H,20,22)/t17-/m0/s1. The minimum absolute atomic E-state index is 0.0237. The van der Waals surface area contributed by atoms with Gasteiger partial charge in [0.15, 0.2) is 0 Å². The van der Waals surface area contributed by atoms with E-state index in [1.165, 1.54) is 5.56 Å². The Kier molecular flexibility index (Phi) is 2.87. The molecule has 108 valence electrons. The van der Waals surface area contributed by atoms with Crippen molar-refractivity contribution in [1.82, 2.24) is 5.32 Å². The van der Waals surface area contributed by atoms with E-state index in [2.05, 4.69) is 22.4 Å². The number of anilines is 1. The normalized spacial score (nSPS) is 19.1. The number of hydrogen-bond donors (Lipinski definition) is 1. The van der Waals surface area contributed by atoms with Crippen molar-refractivity contribution in [3.63, 3.8) is 0 Å². The molecule has 0 unspecified atom stereocenters. The number of benzene rings is 2. The van der Waals surface area contributed by atoms with E-state index in [4.69, 9.17) is 5.26 Å². The number of carbonyl (C=O) groups excluding carboxylic acids is 1. The fraction of sp³-hybridized carbons (Fsp3) is 0.222. The summed E-state index contributed by atoms with van der Waals surface area (Å²) in [5.74, 6) is -0.0237. The van der Waals surface area contributed by atoms with Crippen LogP contribution in [0.25, 0.3) is 0 Å². The number of nitrogens with zero attached hydrogens (tertiary/aromatic N) is 2. The first kappa shape index (κ1) is 12.9. The van der Waals surface area contributed by atoms with Gasteiger partial charge in [-0.2, -0.15) is 5.26 Å². The van der Waals surface area contributed by atoms with Crippen LogP contribution in [0.2, 0.25) is 0 Å². The summed E-state index contributed by atoms with van der Waals surface area (Å²) >= 11 is 0. The molecular formula is C18H15N3O. The molecule has 4 rings (SSSR count). The van der Waals surface area contributed by atoms with Crippen LogP contribution in [0.3, 0.4) is 0 Å². The smallest absolute Gasteiger partial charge is 0.255 e. The summed E-state index contributed by atoms with van der Waals surface area (Å²) in [6, 6.07) is 15.5. The average molecular weight is 289 g/mol. The molecule has 2 aromatic carbocycles. The average Bonchev–Trinajstić information content (AvgIpc) is 2.58. The number of amides is 1. The maximum absolute atomic E-state index is 12.4. The first-order chi connectivity index (χ1) is 10.8. The highest BCUT2D eigenvalue weighted by molar-refractivity contribution is 6.03. The molecule has 2 heterocycles. The molecule has 1 amide bonds. The summed E-state index contributed by atoms with van der Waals surface area (Å²) in [6.45, 7) is 0.926. The van der Waals surface area contributed by atoms with Crippen molar-refractivity contribution in [2.45, 2.75) is 19.0 Å². The van der Waals surface area contributed by atoms with Gasteiger partial charge in [0.1, 0.15) is 6.17 Å². The van der Waals surface area contributed by atoms with Crippen LogP contribution in [0.1, 0.15) is 39.6 Å². The predicted molar refractivity (Wildman–Crippen MR) is 83.5 cm³/mol. The fourth-order valence-corrected chi connectivity index (χ4v) is 3.41. The second kappa shape index (κ2) is 4.88. The summed E-state index contributed by atoms with van der Waals surface area (Å²) < 4.78 is 0. The number of aryl methyl sites for hydroxylation is 1. The maximum atomic E-state index is 12.4. The molecule has 22 heavy (non-hydrogen) atoms. The summed E-state index contributed by atoms with van der Waals surface area (Å²) in [7, 11) is 0. The van der Waals surface area contributed by atoms with Gasteiger partial charge in [-0.15, -0.1) is 0 Å². The van der Waals surface area contributed by atoms with Crippen molar-refractivity contribution in [3.05, 3.63) is 64.7 Å². The van der Waals surface area contributed by atoms with Gasteiger partial charge < -0.3 is 10.2 Å². The zero-order chi connectivity index (χ0) is 15.1. The van der Waals surface area contributed by atoms with Crippen LogP contribution < -0.4 is 10.2 Å². The van der Waals surface area contributed by atoms with Crippen LogP contribution in [0.5, 0.6) is 0 Å². The summed E-state index contributed by atoms with van der Waals surface area (Å²) in [6.07, 6.45) is 1.95. The van der Waals surface area contributed by atoms with E-state index in [-0.39, 0.29) is 12.1 Å². The monoisotopic (exact) mass is 289 g/mol. The van der Waals surface area contributed by atoms with Crippen LogP contribution in [0.15, 0.2) is 42.5 Å². The minimum atomic E-state index is -0.158. The van der Waals surface area contributed by atoms with Gasteiger partial charge in [0.2, 0.25) is 0 Å². The number of hydrogen-bond acceptors (Lipinski definition) is 3. The van der Waals surface area contributed by atoms with Crippen LogP contribution >= 0.6 is 0 Å². The molecule has 4 nitrogen and oxygen atoms in total. The lowest BCUT2D eigenvalue weighted by atomic mass is 9.93. The predicted octanol–water partition coefficient (Wildman–Crippen LogP) is 2.75. The van der Waals surface area contributed by atoms with Crippen molar-refractivity contribution in [1.29, 1.82) is 5.26 Å². The highest BCUT2D eigenvalue weighted by Crippen LogP contribution is 2.39. The molecule has 0 bridgehead atoms. The van der Waals surface area contributed by atoms with E-state index in [1.54, 1.807) is 12.1 Å². The van der Waals surface area contributed by atoms with Gasteiger partial charge in [-0.05, 0) is 42.2 Å². The fourth-order valence-electron chi connectivity index (χ4n) is 3.41. The van der Waals surface area contributed by atoms with E-state index in [1.807, 2.05) is 24.3 Å². The molecular weight excluding hydrogens is 274 g/mol. The number of nitrogens with one attached hydrogen (secondary N) is 1. The molecule has 0 spiro atoms. The van der Waals surface area contributed by atoms with Gasteiger partial charge in [-0.1, -0.05) is 24.3 Å². The third-order valence-electron chi connectivity index (χ3n) is 4.43. The van der Waals surface area contributed by atoms with Crippen molar-refractivity contribution < 1.29 is 4.79 Å². The van der Waals surface area contributed by atoms with Crippen LogP contribution in [0, 0.1) is 11.3 Å². The Morgan fingerprint density at radius 1 is 1.18 bits per heavy atom. The molecule has 2 aromatic rings. The number of rotatable bonds is 1. The third kappa shape index (κ3) is 1.86. The Balaban J connectivity index is 1.81. The maximum Gasteiger partial charge on any atom is 0.255 e. The molecule has 2 aliphatic rings. The molecule has 1 atom stereocenters. The molecule has 0 saturated carbocycles. The van der Waals surface area contributed by atoms with Gasteiger partial charge >= 0.3 is 0 Å². The second-order valence-electron chi connectivity index (χ2n) is 5.72. The van der Waals surface area contributed by atoms with Gasteiger partial charge in [0.25, 0.3) is 5.91 Å². The van der Waals surface area contributed by atoms with Crippen LogP contribution in [0.4, 0.5) is 5.69 Å². The number of para-hydroxylation sites is 1. The van der Waals surface area contributed by atoms with Crippen molar-refractivity contribution >= 4 is 11.6 Å². The first-order valence-corrected chi connectivity index (χ1v) is 7.47. The molecule has 0 saturated heterocycles. The highest BCUT2D eigenvalue weighted by atomic mass is 16.2. The topological polar surface area (TPSA) is 56.1 Å². The van der Waals surface area contributed by atoms with E-state index in [0.29, 0.717) is 5.56 Å². The summed E-state index contributed by atoms with van der Waals surface area (Å²) in [5, 5.41) is 12.0. The number of nitriles is 1. The zero-order valence-corrected chi connectivity index (χ0v) is 12.0. The molecule has 1 N–H and O–H groups in total. The third-order valence-corrected chi connectivity index (χ3v) is 4.43. The molecule has 0 aliphatic carbocycles. The summed E-state index contributed by atoms with van der Waals surface area (Å²) in [5.41, 5.74) is 4.73. The Labute approximate surface area is 129 Å². The minimum Gasteiger partial charge on any atom is -0.347 e. The molecule has 0 radical (unpaired) electrons. The quantitative estimate of drug-likeness (QED) is 0.878. The van der Waals surface area contributed by atoms with Gasteiger partial charge in [0.05, 0.1) is 22.9 Å². The Morgan fingerprint density at radius 3 is 2.77 bits per heavy atom. The van der Waals surface area contributed by atoms with E-state index >= 15 is 0 Å². The first-order valence-electron chi connectivity index (χ1n) is 7.47. The van der Waals surface area contributed by atoms with Crippen molar-refractivity contribution in [2.75, 3.05) is 11.4 Å². The lowest BCUT2D eigenvalue weighted by Gasteiger charge is -2.42. The van der Waals surface area contributed by atoms with E-state index < -0.39 is 0 Å². The van der Waals surface area contributed by atoms with Crippen molar-refractivity contribution in [2.24, 2.45) is 0 Å². The Morgan fingerprint density at radius 2 is 2.00 bits per heavy atom. The molecule has 0 aromatic heterocycles. The van der Waals surface area contributed by atoms with E-state index in [0.717, 1.165) is 36.2 Å². The van der Waals surface area contributed by atoms with Crippen molar-refractivity contribution in [3.8, 4) is 6.07 Å². The lowest BCUT2D eigenvalue weighted by molar-refractivity contribution is 0.0925. The highest BCUT2D eigenvalue weighted by Gasteiger charge is 2.34. The largest absolute Gasteiger partial charge is 0.347 e. The Bertz CT molecular complexity index is 789. The van der Waals surface area contributed by atoms with Gasteiger partial charge in [-0.25, -0.2) is 0 Å². The Hall–Kier alpha value is -2.80. The molecule has 4 heteroatoms. The van der Waals surface area contributed by atoms with Gasteiger partial charge in [-0.3, -0.25) is 4.79 Å².